The van der Waals surface area contributed by atoms with Gasteiger partial charge in [-0.15, -0.1) is 0 Å². The van der Waals surface area contributed by atoms with E-state index in [-0.39, 0.29) is 5.91 Å². The molecule has 0 spiro atoms. The Hall–Kier alpha value is -1.29. The lowest BCUT2D eigenvalue weighted by atomic mass is 9.96. The quantitative estimate of drug-likeness (QED) is 0.911. The number of nitrogens with zero attached hydrogens (tertiary/aromatic N) is 1. The summed E-state index contributed by atoms with van der Waals surface area (Å²) < 4.78 is -0.568. The molecular formula is C17H20N2OS. The Morgan fingerprint density at radius 2 is 2.05 bits per heavy atom. The van der Waals surface area contributed by atoms with Crippen LogP contribution in [-0.2, 0) is 9.54 Å². The van der Waals surface area contributed by atoms with Gasteiger partial charge in [-0.3, -0.25) is 4.79 Å². The third-order valence-corrected chi connectivity index (χ3v) is 6.50. The highest BCUT2D eigenvalue weighted by Crippen LogP contribution is 2.46. The molecule has 1 unspecified atom stereocenters. The molecule has 2 aliphatic carbocycles. The highest BCUT2D eigenvalue weighted by atomic mass is 32.2. The van der Waals surface area contributed by atoms with Crippen LogP contribution in [0.1, 0.15) is 38.2 Å². The molecule has 2 fully saturated rings. The fourth-order valence-corrected chi connectivity index (χ4v) is 5.15. The summed E-state index contributed by atoms with van der Waals surface area (Å²) in [4.78, 5) is 16.7. The minimum Gasteiger partial charge on any atom is -0.361 e. The lowest BCUT2D eigenvalue weighted by molar-refractivity contribution is -0.119. The van der Waals surface area contributed by atoms with Crippen LogP contribution < -0.4 is 5.32 Å². The van der Waals surface area contributed by atoms with Crippen LogP contribution in [0.3, 0.4) is 0 Å². The SMILES string of the molecule is CC1(c2ccccc2)SC(N[C@H]2C[C@H]3CC[C@H]2C3)=NC1=O. The van der Waals surface area contributed by atoms with Crippen LogP contribution in [0.4, 0.5) is 0 Å². The number of amidine groups is 1. The Kier molecular flexibility index (Phi) is 3.10. The van der Waals surface area contributed by atoms with E-state index in [4.69, 9.17) is 0 Å². The number of aliphatic imine (C=N–C) groups is 1. The van der Waals surface area contributed by atoms with Crippen LogP contribution in [0.2, 0.25) is 0 Å². The highest BCUT2D eigenvalue weighted by molar-refractivity contribution is 8.15. The number of thioether (sulfide) groups is 1. The van der Waals surface area contributed by atoms with Gasteiger partial charge in [0.15, 0.2) is 5.17 Å². The van der Waals surface area contributed by atoms with E-state index in [2.05, 4.69) is 10.3 Å². The van der Waals surface area contributed by atoms with E-state index in [9.17, 15) is 4.79 Å². The van der Waals surface area contributed by atoms with Gasteiger partial charge in [0, 0.05) is 6.04 Å². The molecule has 1 aromatic carbocycles. The number of benzene rings is 1. The molecule has 1 aliphatic heterocycles. The zero-order valence-electron chi connectivity index (χ0n) is 12.2. The first-order valence-electron chi connectivity index (χ1n) is 7.79. The molecule has 2 saturated carbocycles. The molecule has 1 N–H and O–H groups in total. The second kappa shape index (κ2) is 4.87. The van der Waals surface area contributed by atoms with Gasteiger partial charge in [0.1, 0.15) is 4.75 Å². The van der Waals surface area contributed by atoms with E-state index >= 15 is 0 Å². The Labute approximate surface area is 129 Å². The molecule has 0 saturated heterocycles. The van der Waals surface area contributed by atoms with Crippen LogP contribution in [0.15, 0.2) is 35.3 Å². The Morgan fingerprint density at radius 1 is 1.24 bits per heavy atom. The van der Waals surface area contributed by atoms with E-state index in [1.54, 1.807) is 11.8 Å². The average molecular weight is 300 g/mol. The third-order valence-electron chi connectivity index (χ3n) is 5.28. The summed E-state index contributed by atoms with van der Waals surface area (Å²) in [5.74, 6) is 1.65. The number of carbonyl (C=O) groups excluding carboxylic acids is 1. The van der Waals surface area contributed by atoms with Gasteiger partial charge in [-0.05, 0) is 43.6 Å². The minimum absolute atomic E-state index is 0.0376. The average Bonchev–Trinajstić information content (AvgIpc) is 3.16. The maximum Gasteiger partial charge on any atom is 0.268 e. The molecule has 0 radical (unpaired) electrons. The van der Waals surface area contributed by atoms with E-state index in [0.717, 1.165) is 22.6 Å². The number of hydrogen-bond donors (Lipinski definition) is 1. The second-order valence-electron chi connectivity index (χ2n) is 6.65. The number of fused-ring (bicyclic) bond motifs is 2. The molecule has 110 valence electrons. The summed E-state index contributed by atoms with van der Waals surface area (Å²) in [6.07, 6.45) is 5.34. The standard InChI is InChI=1S/C17H20N2OS/c1-17(13-5-3-2-4-6-13)15(20)19-16(21-17)18-14-10-11-7-8-12(14)9-11/h2-6,11-12,14H,7-10H2,1H3,(H,18,19,20)/t11-,12-,14-,17?/m0/s1. The van der Waals surface area contributed by atoms with Crippen molar-refractivity contribution in [1.29, 1.82) is 0 Å². The largest absolute Gasteiger partial charge is 0.361 e. The van der Waals surface area contributed by atoms with Crippen molar-refractivity contribution < 1.29 is 4.79 Å². The smallest absolute Gasteiger partial charge is 0.268 e. The second-order valence-corrected chi connectivity index (χ2v) is 8.06. The fraction of sp³-hybridized carbons (Fsp3) is 0.529. The molecule has 3 aliphatic rings. The van der Waals surface area contributed by atoms with E-state index in [1.807, 2.05) is 37.3 Å². The summed E-state index contributed by atoms with van der Waals surface area (Å²) >= 11 is 1.58. The van der Waals surface area contributed by atoms with Crippen molar-refractivity contribution in [1.82, 2.24) is 5.32 Å². The van der Waals surface area contributed by atoms with Crippen LogP contribution in [-0.4, -0.2) is 17.1 Å². The summed E-state index contributed by atoms with van der Waals surface area (Å²) in [7, 11) is 0. The molecule has 21 heavy (non-hydrogen) atoms. The van der Waals surface area contributed by atoms with Gasteiger partial charge in [-0.2, -0.15) is 4.99 Å². The first kappa shape index (κ1) is 13.4. The molecule has 0 aromatic heterocycles. The number of amides is 1. The Balaban J connectivity index is 1.50. The molecule has 1 heterocycles. The summed E-state index contributed by atoms with van der Waals surface area (Å²) in [6, 6.07) is 10.5. The Bertz CT molecular complexity index is 600. The van der Waals surface area contributed by atoms with Crippen LogP contribution in [0.5, 0.6) is 0 Å². The van der Waals surface area contributed by atoms with Gasteiger partial charge < -0.3 is 5.32 Å². The van der Waals surface area contributed by atoms with Gasteiger partial charge in [0.25, 0.3) is 5.91 Å². The van der Waals surface area contributed by atoms with Crippen molar-refractivity contribution in [2.75, 3.05) is 0 Å². The number of carbonyl (C=O) groups is 1. The first-order valence-corrected chi connectivity index (χ1v) is 8.61. The predicted octanol–water partition coefficient (Wildman–Crippen LogP) is 3.31. The first-order chi connectivity index (χ1) is 10.1. The zero-order valence-corrected chi connectivity index (χ0v) is 13.0. The lowest BCUT2D eigenvalue weighted by Crippen LogP contribution is -2.37. The normalized spacial score (nSPS) is 37.9. The molecular weight excluding hydrogens is 280 g/mol. The summed E-state index contributed by atoms with van der Waals surface area (Å²) in [5, 5.41) is 4.38. The monoisotopic (exact) mass is 300 g/mol. The van der Waals surface area contributed by atoms with E-state index in [0.29, 0.717) is 6.04 Å². The summed E-state index contributed by atoms with van der Waals surface area (Å²) in [6.45, 7) is 1.98. The maximum atomic E-state index is 12.4. The number of nitrogens with one attached hydrogen (secondary N) is 1. The third kappa shape index (κ3) is 2.20. The van der Waals surface area contributed by atoms with Gasteiger partial charge in [-0.25, -0.2) is 0 Å². The molecule has 1 amide bonds. The van der Waals surface area contributed by atoms with Gasteiger partial charge in [0.05, 0.1) is 0 Å². The van der Waals surface area contributed by atoms with Crippen LogP contribution in [0.25, 0.3) is 0 Å². The van der Waals surface area contributed by atoms with Crippen molar-refractivity contribution in [3.05, 3.63) is 35.9 Å². The van der Waals surface area contributed by atoms with Crippen LogP contribution in [0, 0.1) is 11.8 Å². The van der Waals surface area contributed by atoms with Crippen molar-refractivity contribution in [3.63, 3.8) is 0 Å². The number of rotatable bonds is 2. The summed E-state index contributed by atoms with van der Waals surface area (Å²) in [5.41, 5.74) is 1.04. The highest BCUT2D eigenvalue weighted by Gasteiger charge is 2.45. The zero-order chi connectivity index (χ0) is 14.4. The van der Waals surface area contributed by atoms with Gasteiger partial charge >= 0.3 is 0 Å². The molecule has 1 aromatic rings. The van der Waals surface area contributed by atoms with Crippen LogP contribution >= 0.6 is 11.8 Å². The van der Waals surface area contributed by atoms with E-state index < -0.39 is 4.75 Å². The molecule has 2 bridgehead atoms. The fourth-order valence-electron chi connectivity index (χ4n) is 4.04. The molecule has 4 heteroatoms. The van der Waals surface area contributed by atoms with Crippen molar-refractivity contribution >= 4 is 22.8 Å². The predicted molar refractivity (Wildman–Crippen MR) is 86.2 cm³/mol. The topological polar surface area (TPSA) is 41.5 Å². The minimum atomic E-state index is -0.568. The molecule has 4 atom stereocenters. The van der Waals surface area contributed by atoms with Crippen molar-refractivity contribution in [3.8, 4) is 0 Å². The van der Waals surface area contributed by atoms with Gasteiger partial charge in [-0.1, -0.05) is 48.5 Å². The van der Waals surface area contributed by atoms with E-state index in [1.165, 1.54) is 25.7 Å². The number of hydrogen-bond acceptors (Lipinski definition) is 3. The Morgan fingerprint density at radius 3 is 2.71 bits per heavy atom. The van der Waals surface area contributed by atoms with Gasteiger partial charge in [0.2, 0.25) is 0 Å². The molecule has 4 rings (SSSR count). The molecule has 3 nitrogen and oxygen atoms in total. The lowest BCUT2D eigenvalue weighted by Gasteiger charge is -2.25. The maximum absolute atomic E-state index is 12.4. The van der Waals surface area contributed by atoms with Crippen molar-refractivity contribution in [2.24, 2.45) is 16.8 Å². The van der Waals surface area contributed by atoms with Crippen molar-refractivity contribution in [2.45, 2.75) is 43.4 Å².